The first kappa shape index (κ1) is 21.6. The smallest absolute Gasteiger partial charge is 0.306 e. The molecule has 0 aliphatic rings. The van der Waals surface area contributed by atoms with Gasteiger partial charge in [0.25, 0.3) is 5.91 Å². The van der Waals surface area contributed by atoms with Crippen LogP contribution in [-0.2, 0) is 19.1 Å². The maximum Gasteiger partial charge on any atom is 0.306 e. The molecule has 2 unspecified atom stereocenters. The van der Waals surface area contributed by atoms with Crippen LogP contribution >= 0.6 is 0 Å². The van der Waals surface area contributed by atoms with Crippen LogP contribution in [0.1, 0.15) is 58.1 Å². The van der Waals surface area contributed by atoms with Crippen molar-refractivity contribution < 1.29 is 23.5 Å². The highest BCUT2D eigenvalue weighted by atomic mass is 19.1. The summed E-state index contributed by atoms with van der Waals surface area (Å²) in [7, 11) is 0. The summed E-state index contributed by atoms with van der Waals surface area (Å²) in [6, 6.07) is 5.52. The predicted molar refractivity (Wildman–Crippen MR) is 95.7 cm³/mol. The highest BCUT2D eigenvalue weighted by molar-refractivity contribution is 5.83. The Bertz CT molecular complexity index is 604. The number of benzene rings is 1. The van der Waals surface area contributed by atoms with E-state index in [9.17, 15) is 18.8 Å². The monoisotopic (exact) mass is 366 g/mol. The fourth-order valence-corrected chi connectivity index (χ4v) is 2.31. The van der Waals surface area contributed by atoms with Crippen molar-refractivity contribution in [2.45, 2.75) is 58.6 Å². The Balaban J connectivity index is 2.27. The van der Waals surface area contributed by atoms with Crippen LogP contribution in [0, 0.1) is 5.82 Å². The summed E-state index contributed by atoms with van der Waals surface area (Å²) in [6.45, 7) is 5.33. The third-order valence-corrected chi connectivity index (χ3v) is 3.84. The Hall–Kier alpha value is -2.44. The van der Waals surface area contributed by atoms with Crippen LogP contribution in [0.3, 0.4) is 0 Å². The minimum atomic E-state index is -0.898. The number of amides is 2. The van der Waals surface area contributed by atoms with Crippen LogP contribution in [-0.4, -0.2) is 30.4 Å². The first-order valence-electron chi connectivity index (χ1n) is 8.79. The maximum absolute atomic E-state index is 12.9. The molecule has 0 aliphatic carbocycles. The molecule has 0 aliphatic heterocycles. The number of nitrogens with one attached hydrogen (secondary N) is 2. The predicted octanol–water partition coefficient (Wildman–Crippen LogP) is 2.63. The zero-order chi connectivity index (χ0) is 19.5. The SMILES string of the molecule is CC(=O)NCCCCCC(=O)OC(C)C(=O)NC(C)c1ccc(F)cc1. The van der Waals surface area contributed by atoms with E-state index < -0.39 is 18.0 Å². The number of unbranched alkanes of at least 4 members (excludes halogenated alkanes) is 2. The lowest BCUT2D eigenvalue weighted by molar-refractivity contribution is -0.155. The molecule has 0 heterocycles. The minimum Gasteiger partial charge on any atom is -0.453 e. The highest BCUT2D eigenvalue weighted by Gasteiger charge is 2.19. The lowest BCUT2D eigenvalue weighted by Crippen LogP contribution is -2.37. The summed E-state index contributed by atoms with van der Waals surface area (Å²) in [5.41, 5.74) is 0.762. The van der Waals surface area contributed by atoms with Crippen molar-refractivity contribution in [1.82, 2.24) is 10.6 Å². The van der Waals surface area contributed by atoms with Gasteiger partial charge < -0.3 is 15.4 Å². The van der Waals surface area contributed by atoms with Gasteiger partial charge in [0, 0.05) is 19.9 Å². The van der Waals surface area contributed by atoms with E-state index in [2.05, 4.69) is 10.6 Å². The molecule has 1 rings (SSSR count). The summed E-state index contributed by atoms with van der Waals surface area (Å²) in [6.07, 6.45) is 1.55. The molecule has 1 aromatic rings. The molecule has 0 aromatic heterocycles. The molecule has 2 N–H and O–H groups in total. The molecule has 0 saturated heterocycles. The van der Waals surface area contributed by atoms with E-state index in [0.717, 1.165) is 18.4 Å². The molecule has 7 heteroatoms. The van der Waals surface area contributed by atoms with Crippen LogP contribution in [0.2, 0.25) is 0 Å². The third kappa shape index (κ3) is 8.60. The molecule has 2 amide bonds. The standard InChI is InChI=1S/C19H27FN2O4/c1-13(16-8-10-17(20)11-9-16)22-19(25)14(2)26-18(24)7-5-4-6-12-21-15(3)23/h8-11,13-14H,4-7,12H2,1-3H3,(H,21,23)(H,22,25). The number of hydrogen-bond donors (Lipinski definition) is 2. The van der Waals surface area contributed by atoms with Gasteiger partial charge in [-0.2, -0.15) is 0 Å². The molecular weight excluding hydrogens is 339 g/mol. The molecule has 0 radical (unpaired) electrons. The average Bonchev–Trinajstić information content (AvgIpc) is 2.58. The molecule has 144 valence electrons. The van der Waals surface area contributed by atoms with Gasteiger partial charge in [-0.15, -0.1) is 0 Å². The Morgan fingerprint density at radius 2 is 1.73 bits per heavy atom. The molecule has 0 bridgehead atoms. The molecule has 0 fully saturated rings. The molecule has 0 spiro atoms. The number of carbonyl (C=O) groups is 3. The van der Waals surface area contributed by atoms with E-state index in [0.29, 0.717) is 13.0 Å². The largest absolute Gasteiger partial charge is 0.453 e. The lowest BCUT2D eigenvalue weighted by atomic mass is 10.1. The van der Waals surface area contributed by atoms with Gasteiger partial charge in [-0.05, 0) is 44.4 Å². The van der Waals surface area contributed by atoms with Gasteiger partial charge in [0.05, 0.1) is 6.04 Å². The number of halogens is 1. The normalized spacial score (nSPS) is 12.8. The van der Waals surface area contributed by atoms with Crippen molar-refractivity contribution >= 4 is 17.8 Å². The van der Waals surface area contributed by atoms with Crippen LogP contribution in [0.4, 0.5) is 4.39 Å². The van der Waals surface area contributed by atoms with E-state index >= 15 is 0 Å². The fraction of sp³-hybridized carbons (Fsp3) is 0.526. The van der Waals surface area contributed by atoms with Crippen molar-refractivity contribution in [3.63, 3.8) is 0 Å². The molecule has 0 saturated carbocycles. The zero-order valence-electron chi connectivity index (χ0n) is 15.5. The maximum atomic E-state index is 12.9. The quantitative estimate of drug-likeness (QED) is 0.492. The van der Waals surface area contributed by atoms with E-state index in [1.165, 1.54) is 26.0 Å². The molecular formula is C19H27FN2O4. The van der Waals surface area contributed by atoms with Crippen LogP contribution in [0.15, 0.2) is 24.3 Å². The van der Waals surface area contributed by atoms with Crippen molar-refractivity contribution in [1.29, 1.82) is 0 Å². The number of ether oxygens (including phenoxy) is 1. The summed E-state index contributed by atoms with van der Waals surface area (Å²) in [5, 5.41) is 5.42. The Kier molecular flexibility index (Phi) is 9.33. The molecule has 6 nitrogen and oxygen atoms in total. The second-order valence-electron chi connectivity index (χ2n) is 6.21. The zero-order valence-corrected chi connectivity index (χ0v) is 15.5. The van der Waals surface area contributed by atoms with E-state index in [4.69, 9.17) is 4.74 Å². The summed E-state index contributed by atoms with van der Waals surface area (Å²) >= 11 is 0. The Morgan fingerprint density at radius 1 is 1.08 bits per heavy atom. The third-order valence-electron chi connectivity index (χ3n) is 3.84. The number of carbonyl (C=O) groups excluding carboxylic acids is 3. The average molecular weight is 366 g/mol. The Labute approximate surface area is 153 Å². The van der Waals surface area contributed by atoms with Gasteiger partial charge in [-0.3, -0.25) is 14.4 Å². The van der Waals surface area contributed by atoms with Gasteiger partial charge in [-0.1, -0.05) is 18.6 Å². The van der Waals surface area contributed by atoms with Crippen molar-refractivity contribution in [2.24, 2.45) is 0 Å². The topological polar surface area (TPSA) is 84.5 Å². The van der Waals surface area contributed by atoms with Crippen LogP contribution in [0.25, 0.3) is 0 Å². The molecule has 2 atom stereocenters. The first-order valence-corrected chi connectivity index (χ1v) is 8.79. The van der Waals surface area contributed by atoms with Crippen molar-refractivity contribution in [3.05, 3.63) is 35.6 Å². The van der Waals surface area contributed by atoms with Crippen molar-refractivity contribution in [2.75, 3.05) is 6.54 Å². The summed E-state index contributed by atoms with van der Waals surface area (Å²) < 4.78 is 18.1. The van der Waals surface area contributed by atoms with Crippen molar-refractivity contribution in [3.8, 4) is 0 Å². The van der Waals surface area contributed by atoms with Gasteiger partial charge in [-0.25, -0.2) is 4.39 Å². The van der Waals surface area contributed by atoms with Gasteiger partial charge >= 0.3 is 5.97 Å². The van der Waals surface area contributed by atoms with E-state index in [1.54, 1.807) is 19.1 Å². The molecule has 26 heavy (non-hydrogen) atoms. The highest BCUT2D eigenvalue weighted by Crippen LogP contribution is 2.13. The summed E-state index contributed by atoms with van der Waals surface area (Å²) in [5.74, 6) is -1.24. The Morgan fingerprint density at radius 3 is 2.35 bits per heavy atom. The minimum absolute atomic E-state index is 0.0703. The lowest BCUT2D eigenvalue weighted by Gasteiger charge is -2.18. The molecule has 1 aromatic carbocycles. The number of hydrogen-bond acceptors (Lipinski definition) is 4. The van der Waals surface area contributed by atoms with E-state index in [-0.39, 0.29) is 24.2 Å². The van der Waals surface area contributed by atoms with Gasteiger partial charge in [0.15, 0.2) is 6.10 Å². The fourth-order valence-electron chi connectivity index (χ4n) is 2.31. The van der Waals surface area contributed by atoms with E-state index in [1.807, 2.05) is 0 Å². The van der Waals surface area contributed by atoms with Gasteiger partial charge in [0.2, 0.25) is 5.91 Å². The van der Waals surface area contributed by atoms with Crippen LogP contribution < -0.4 is 10.6 Å². The number of rotatable bonds is 10. The first-order chi connectivity index (χ1) is 12.3. The van der Waals surface area contributed by atoms with Gasteiger partial charge in [0.1, 0.15) is 5.82 Å². The van der Waals surface area contributed by atoms with Crippen LogP contribution in [0.5, 0.6) is 0 Å². The second kappa shape index (κ2) is 11.2. The second-order valence-corrected chi connectivity index (χ2v) is 6.21. The number of esters is 1. The summed E-state index contributed by atoms with van der Waals surface area (Å²) in [4.78, 5) is 34.6.